The van der Waals surface area contributed by atoms with E-state index in [2.05, 4.69) is 77.2 Å². The molecule has 0 amide bonds. The lowest BCUT2D eigenvalue weighted by Gasteiger charge is -2.19. The molecule has 5 aromatic rings. The minimum absolute atomic E-state index is 0. The van der Waals surface area contributed by atoms with Crippen LogP contribution in [0, 0.1) is 13.8 Å². The summed E-state index contributed by atoms with van der Waals surface area (Å²) < 4.78 is 21.8. The first-order valence-corrected chi connectivity index (χ1v) is 19.6. The summed E-state index contributed by atoms with van der Waals surface area (Å²) in [7, 11) is 0. The fourth-order valence-corrected chi connectivity index (χ4v) is 9.85. The lowest BCUT2D eigenvalue weighted by atomic mass is 10.1. The Morgan fingerprint density at radius 1 is 0.863 bits per heavy atom. The van der Waals surface area contributed by atoms with E-state index < -0.39 is 0 Å². The number of anilines is 1. The number of aromatic nitrogens is 2. The van der Waals surface area contributed by atoms with E-state index in [9.17, 15) is 9.59 Å². The molecule has 0 spiro atoms. The highest BCUT2D eigenvalue weighted by Crippen LogP contribution is 2.51. The average Bonchev–Trinajstić information content (AvgIpc) is 3.91. The molecule has 0 unspecified atom stereocenters. The van der Waals surface area contributed by atoms with Crippen LogP contribution in [-0.2, 0) is 35.4 Å². The number of thioether (sulfide) groups is 1. The van der Waals surface area contributed by atoms with Crippen molar-refractivity contribution in [2.75, 3.05) is 31.3 Å². The summed E-state index contributed by atoms with van der Waals surface area (Å²) in [6.07, 6.45) is 4.75. The molecule has 4 aliphatic rings. The third-order valence-electron chi connectivity index (χ3n) is 8.58. The molecule has 3 aromatic carbocycles. The number of thiazole rings is 2. The van der Waals surface area contributed by atoms with Crippen LogP contribution in [0.3, 0.4) is 0 Å². The van der Waals surface area contributed by atoms with Crippen molar-refractivity contribution in [2.24, 2.45) is 0 Å². The second kappa shape index (κ2) is 17.3. The van der Waals surface area contributed by atoms with Gasteiger partial charge in [0.2, 0.25) is 15.8 Å². The molecule has 0 bridgehead atoms. The van der Waals surface area contributed by atoms with Crippen LogP contribution >= 0.6 is 70.0 Å². The number of aryl methyl sites for hydroxylation is 3. The van der Waals surface area contributed by atoms with Gasteiger partial charge in [-0.05, 0) is 75.7 Å². The van der Waals surface area contributed by atoms with Crippen molar-refractivity contribution >= 4 is 107 Å². The summed E-state index contributed by atoms with van der Waals surface area (Å²) in [6.45, 7) is 15.8. The van der Waals surface area contributed by atoms with Crippen molar-refractivity contribution in [1.82, 2.24) is 4.98 Å². The predicted octanol–water partition coefficient (Wildman–Crippen LogP) is 9.37. The fraction of sp³-hybridized carbons (Fsp3) is 0.368. The van der Waals surface area contributed by atoms with Crippen molar-refractivity contribution in [3.05, 3.63) is 74.2 Å². The monoisotopic (exact) mass is 878 g/mol. The maximum Gasteiger partial charge on any atom is 0.235 e. The molecule has 0 N–H and O–H groups in total. The zero-order valence-electron chi connectivity index (χ0n) is 29.6. The third-order valence-corrected chi connectivity index (χ3v) is 11.7. The molecule has 8 nitrogen and oxygen atoms in total. The van der Waals surface area contributed by atoms with E-state index in [1.54, 1.807) is 36.1 Å². The first-order valence-electron chi connectivity index (χ1n) is 16.8. The number of benzene rings is 3. The third kappa shape index (κ3) is 8.51. The number of carbonyl (C=O) groups excluding carboxylic acids is 2. The van der Waals surface area contributed by atoms with Gasteiger partial charge >= 0.3 is 0 Å². The SMILES string of the molecule is CC(=O)Cl.CCN1/C(=C/C(C)=O)Sc2ccc3c(c21)CCO3.CC[n+]1c(C)sc2ccc3c(c21)CCO3.Cc1nc2c3c(ccc2s1)OCC3.I. The first-order chi connectivity index (χ1) is 24.1. The van der Waals surface area contributed by atoms with E-state index in [1.165, 1.54) is 54.1 Å². The molecule has 0 saturated carbocycles. The maximum atomic E-state index is 11.3. The molecule has 0 radical (unpaired) electrons. The molecule has 51 heavy (non-hydrogen) atoms. The number of carbonyl (C=O) groups is 2. The van der Waals surface area contributed by atoms with Gasteiger partial charge in [0.25, 0.3) is 0 Å². The standard InChI is InChI=1S/C14H15NO2S.C12H14NOS.C10H9NOS.C2H3ClO.HI/c1-3-15-13(8-9(2)16)18-12-5-4-11-10(14(12)15)6-7-17-11;1-3-13-8(2)15-11-5-4-10-9(12(11)13)6-7-14-10;1-6-11-10-7-4-5-12-8(7)2-3-9(10)13-6;1-2(3)4;/h4-5,8H,3,6-7H2,1-2H3;4-5H,3,6-7H2,1-2H3;2-3H,4-5H2,1H3;1H3;1H/q;+1;;;/b13-8-;;;;. The minimum Gasteiger partial charge on any atom is -0.493 e. The van der Waals surface area contributed by atoms with Crippen molar-refractivity contribution in [3.63, 3.8) is 0 Å². The molecular weight excluding hydrogens is 837 g/mol. The second-order valence-electron chi connectivity index (χ2n) is 12.0. The average molecular weight is 879 g/mol. The smallest absolute Gasteiger partial charge is 0.235 e. The summed E-state index contributed by atoms with van der Waals surface area (Å²) in [5, 5.41) is 3.18. The van der Waals surface area contributed by atoms with E-state index in [-0.39, 0.29) is 35.0 Å². The molecule has 0 fully saturated rings. The molecule has 13 heteroatoms. The first kappa shape index (κ1) is 39.3. The summed E-state index contributed by atoms with van der Waals surface area (Å²) in [4.78, 5) is 28.5. The summed E-state index contributed by atoms with van der Waals surface area (Å²) >= 11 is 9.94. The Bertz CT molecular complexity index is 2130. The van der Waals surface area contributed by atoms with Crippen LogP contribution in [0.5, 0.6) is 17.2 Å². The largest absolute Gasteiger partial charge is 0.493 e. The van der Waals surface area contributed by atoms with Gasteiger partial charge in [-0.25, -0.2) is 4.98 Å². The zero-order chi connectivity index (χ0) is 35.5. The molecule has 9 rings (SSSR count). The van der Waals surface area contributed by atoms with Gasteiger partial charge in [-0.15, -0.1) is 35.3 Å². The molecule has 2 aromatic heterocycles. The molecule has 0 atom stereocenters. The number of rotatable bonds is 3. The number of hydrogen-bond donors (Lipinski definition) is 0. The Morgan fingerprint density at radius 3 is 2.06 bits per heavy atom. The van der Waals surface area contributed by atoms with Gasteiger partial charge in [-0.3, -0.25) is 9.59 Å². The lowest BCUT2D eigenvalue weighted by molar-refractivity contribution is -0.669. The minimum atomic E-state index is -0.361. The molecule has 6 heterocycles. The number of fused-ring (bicyclic) bond motifs is 9. The Kier molecular flexibility index (Phi) is 13.3. The number of ketones is 1. The number of halogens is 2. The number of ether oxygens (including phenoxy) is 3. The van der Waals surface area contributed by atoms with Crippen LogP contribution in [0.1, 0.15) is 54.4 Å². The molecule has 0 aliphatic carbocycles. The highest BCUT2D eigenvalue weighted by atomic mass is 127. The molecule has 0 saturated heterocycles. The van der Waals surface area contributed by atoms with Crippen LogP contribution in [0.25, 0.3) is 20.4 Å². The van der Waals surface area contributed by atoms with E-state index in [0.717, 1.165) is 85.0 Å². The van der Waals surface area contributed by atoms with Gasteiger partial charge in [0.15, 0.2) is 5.78 Å². The van der Waals surface area contributed by atoms with E-state index >= 15 is 0 Å². The fourth-order valence-electron chi connectivity index (χ4n) is 6.64. The topological polar surface area (TPSA) is 81.8 Å². The van der Waals surface area contributed by atoms with E-state index in [1.807, 2.05) is 24.3 Å². The molecule has 4 aliphatic heterocycles. The highest BCUT2D eigenvalue weighted by molar-refractivity contribution is 14.0. The van der Waals surface area contributed by atoms with Gasteiger partial charge < -0.3 is 19.1 Å². The van der Waals surface area contributed by atoms with Crippen molar-refractivity contribution < 1.29 is 28.4 Å². The number of hydrogen-bond acceptors (Lipinski definition) is 10. The summed E-state index contributed by atoms with van der Waals surface area (Å²) in [5.74, 6) is 3.20. The number of nitrogens with zero attached hydrogens (tertiary/aromatic N) is 3. The van der Waals surface area contributed by atoms with Crippen molar-refractivity contribution in [1.29, 1.82) is 0 Å². The van der Waals surface area contributed by atoms with E-state index in [4.69, 9.17) is 14.2 Å². The summed E-state index contributed by atoms with van der Waals surface area (Å²) in [5.41, 5.74) is 7.77. The van der Waals surface area contributed by atoms with Crippen LogP contribution in [0.4, 0.5) is 5.69 Å². The van der Waals surface area contributed by atoms with Crippen LogP contribution in [-0.4, -0.2) is 42.4 Å². The second-order valence-corrected chi connectivity index (χ2v) is 16.0. The Hall–Kier alpha value is -2.91. The Labute approximate surface area is 333 Å². The quantitative estimate of drug-likeness (QED) is 0.0769. The Morgan fingerprint density at radius 2 is 1.43 bits per heavy atom. The highest BCUT2D eigenvalue weighted by Gasteiger charge is 2.31. The van der Waals surface area contributed by atoms with Gasteiger partial charge in [0.1, 0.15) is 28.5 Å². The summed E-state index contributed by atoms with van der Waals surface area (Å²) in [6, 6.07) is 12.6. The maximum absolute atomic E-state index is 11.3. The molecular formula is C38H42ClIN3O5S3+. The number of allylic oxidation sites excluding steroid dienone is 1. The van der Waals surface area contributed by atoms with E-state index in [0.29, 0.717) is 0 Å². The molecule has 270 valence electrons. The lowest BCUT2D eigenvalue weighted by Crippen LogP contribution is -2.34. The van der Waals surface area contributed by atoms with Gasteiger partial charge in [0, 0.05) is 61.8 Å². The van der Waals surface area contributed by atoms with Crippen LogP contribution in [0.2, 0.25) is 0 Å². The Balaban J connectivity index is 0.000000141. The van der Waals surface area contributed by atoms with Crippen LogP contribution < -0.4 is 23.7 Å². The zero-order valence-corrected chi connectivity index (χ0v) is 35.1. The van der Waals surface area contributed by atoms with Crippen molar-refractivity contribution in [2.45, 2.75) is 72.2 Å². The van der Waals surface area contributed by atoms with Gasteiger partial charge in [0.05, 0.1) is 51.3 Å². The predicted molar refractivity (Wildman–Crippen MR) is 220 cm³/mol. The normalized spacial score (nSPS) is 15.0. The van der Waals surface area contributed by atoms with Gasteiger partial charge in [-0.1, -0.05) is 23.1 Å². The van der Waals surface area contributed by atoms with Crippen molar-refractivity contribution in [3.8, 4) is 17.2 Å². The van der Waals surface area contributed by atoms with Gasteiger partial charge in [-0.2, -0.15) is 4.57 Å². The van der Waals surface area contributed by atoms with Crippen LogP contribution in [0.15, 0.2) is 52.4 Å².